The summed E-state index contributed by atoms with van der Waals surface area (Å²) in [6.07, 6.45) is 0. The molecule has 0 saturated heterocycles. The molecule has 0 bridgehead atoms. The van der Waals surface area contributed by atoms with Gasteiger partial charge in [0.2, 0.25) is 0 Å². The molecule has 98 valence electrons. The Morgan fingerprint density at radius 1 is 1.11 bits per heavy atom. The number of aromatic hydroxyl groups is 1. The number of hydrogen-bond donors (Lipinski definition) is 3. The third kappa shape index (κ3) is 2.85. The monoisotopic (exact) mass is 256 g/mol. The number of carbonyl (C=O) groups is 1. The van der Waals surface area contributed by atoms with Crippen LogP contribution in [-0.4, -0.2) is 11.0 Å². The first kappa shape index (κ1) is 13.0. The number of rotatable bonds is 2. The van der Waals surface area contributed by atoms with E-state index in [0.717, 1.165) is 5.56 Å². The fourth-order valence-electron chi connectivity index (χ4n) is 1.75. The molecule has 4 heteroatoms. The second-order valence-electron chi connectivity index (χ2n) is 4.53. The largest absolute Gasteiger partial charge is 0.508 e. The Hall–Kier alpha value is -2.49. The van der Waals surface area contributed by atoms with Crippen LogP contribution in [-0.2, 0) is 0 Å². The number of anilines is 2. The van der Waals surface area contributed by atoms with E-state index in [1.807, 2.05) is 13.0 Å². The Kier molecular flexibility index (Phi) is 3.42. The molecule has 4 N–H and O–H groups in total. The minimum Gasteiger partial charge on any atom is -0.508 e. The number of aryl methyl sites for hydroxylation is 2. The quantitative estimate of drug-likeness (QED) is 0.723. The molecule has 0 unspecified atom stereocenters. The molecule has 2 rings (SSSR count). The Morgan fingerprint density at radius 2 is 1.84 bits per heavy atom. The summed E-state index contributed by atoms with van der Waals surface area (Å²) in [5, 5.41) is 12.2. The maximum Gasteiger partial charge on any atom is 0.255 e. The van der Waals surface area contributed by atoms with Crippen LogP contribution in [0.5, 0.6) is 5.75 Å². The van der Waals surface area contributed by atoms with Gasteiger partial charge in [0.15, 0.2) is 0 Å². The van der Waals surface area contributed by atoms with Crippen LogP contribution in [0.15, 0.2) is 36.4 Å². The summed E-state index contributed by atoms with van der Waals surface area (Å²) in [4.78, 5) is 12.0. The van der Waals surface area contributed by atoms with Gasteiger partial charge >= 0.3 is 0 Å². The Bertz CT molecular complexity index is 636. The number of nitrogens with two attached hydrogens (primary N) is 1. The van der Waals surface area contributed by atoms with Gasteiger partial charge in [0.05, 0.1) is 0 Å². The van der Waals surface area contributed by atoms with Crippen LogP contribution < -0.4 is 11.1 Å². The van der Waals surface area contributed by atoms with Crippen molar-refractivity contribution in [3.63, 3.8) is 0 Å². The van der Waals surface area contributed by atoms with Gasteiger partial charge < -0.3 is 16.2 Å². The molecule has 0 aromatic heterocycles. The van der Waals surface area contributed by atoms with E-state index in [1.54, 1.807) is 31.2 Å². The molecule has 1 amide bonds. The molecule has 4 nitrogen and oxygen atoms in total. The number of phenolic OH excluding ortho intramolecular Hbond substituents is 1. The van der Waals surface area contributed by atoms with Gasteiger partial charge in [-0.15, -0.1) is 0 Å². The lowest BCUT2D eigenvalue weighted by atomic mass is 10.1. The third-order valence-electron chi connectivity index (χ3n) is 2.99. The van der Waals surface area contributed by atoms with E-state index < -0.39 is 0 Å². The summed E-state index contributed by atoms with van der Waals surface area (Å²) >= 11 is 0. The predicted molar refractivity (Wildman–Crippen MR) is 76.4 cm³/mol. The predicted octanol–water partition coefficient (Wildman–Crippen LogP) is 2.84. The molecule has 2 aromatic carbocycles. The SMILES string of the molecule is Cc1cc(NC(=O)c2ccc(O)c(C)c2)ccc1N. The van der Waals surface area contributed by atoms with Crippen molar-refractivity contribution in [1.82, 2.24) is 0 Å². The fraction of sp³-hybridized carbons (Fsp3) is 0.133. The van der Waals surface area contributed by atoms with Gasteiger partial charge in [-0.25, -0.2) is 0 Å². The van der Waals surface area contributed by atoms with E-state index in [4.69, 9.17) is 5.73 Å². The first-order chi connectivity index (χ1) is 8.97. The fourth-order valence-corrected chi connectivity index (χ4v) is 1.75. The Balaban J connectivity index is 2.20. The standard InChI is InChI=1S/C15H16N2O2/c1-9-8-12(4-5-13(9)16)17-15(19)11-3-6-14(18)10(2)7-11/h3-8,18H,16H2,1-2H3,(H,17,19). The maximum atomic E-state index is 12.0. The van der Waals surface area contributed by atoms with E-state index in [2.05, 4.69) is 5.32 Å². The lowest BCUT2D eigenvalue weighted by molar-refractivity contribution is 0.102. The van der Waals surface area contributed by atoms with Gasteiger partial charge in [0, 0.05) is 16.9 Å². The summed E-state index contributed by atoms with van der Waals surface area (Å²) in [5.74, 6) is -0.0350. The van der Waals surface area contributed by atoms with Crippen LogP contribution in [0.3, 0.4) is 0 Å². The van der Waals surface area contributed by atoms with E-state index in [9.17, 15) is 9.90 Å². The number of carbonyl (C=O) groups excluding carboxylic acids is 1. The summed E-state index contributed by atoms with van der Waals surface area (Å²) in [6, 6.07) is 10.1. The van der Waals surface area contributed by atoms with Crippen LogP contribution >= 0.6 is 0 Å². The molecule has 0 aliphatic carbocycles. The molecule has 0 radical (unpaired) electrons. The second kappa shape index (κ2) is 5.02. The zero-order valence-electron chi connectivity index (χ0n) is 10.9. The number of nitrogen functional groups attached to an aromatic ring is 1. The molecular formula is C15H16N2O2. The van der Waals surface area contributed by atoms with Crippen LogP contribution in [0.25, 0.3) is 0 Å². The van der Waals surface area contributed by atoms with Crippen molar-refractivity contribution >= 4 is 17.3 Å². The smallest absolute Gasteiger partial charge is 0.255 e. The molecule has 0 fully saturated rings. The number of phenols is 1. The highest BCUT2D eigenvalue weighted by molar-refractivity contribution is 6.04. The zero-order chi connectivity index (χ0) is 14.0. The van der Waals surface area contributed by atoms with Gasteiger partial charge in [-0.05, 0) is 61.4 Å². The molecule has 0 aliphatic heterocycles. The van der Waals surface area contributed by atoms with Crippen molar-refractivity contribution < 1.29 is 9.90 Å². The summed E-state index contributed by atoms with van der Waals surface area (Å²) in [5.41, 5.74) is 9.20. The minimum absolute atomic E-state index is 0.180. The maximum absolute atomic E-state index is 12.0. The normalized spacial score (nSPS) is 10.2. The molecule has 0 aliphatic rings. The van der Waals surface area contributed by atoms with Crippen LogP contribution in [0.2, 0.25) is 0 Å². The van der Waals surface area contributed by atoms with Crippen molar-refractivity contribution in [2.45, 2.75) is 13.8 Å². The Labute approximate surface area is 111 Å². The highest BCUT2D eigenvalue weighted by Crippen LogP contribution is 2.20. The molecule has 19 heavy (non-hydrogen) atoms. The van der Waals surface area contributed by atoms with Gasteiger partial charge in [-0.2, -0.15) is 0 Å². The van der Waals surface area contributed by atoms with Gasteiger partial charge in [-0.3, -0.25) is 4.79 Å². The van der Waals surface area contributed by atoms with Gasteiger partial charge in [0.25, 0.3) is 5.91 Å². The molecule has 0 atom stereocenters. The summed E-state index contributed by atoms with van der Waals surface area (Å²) < 4.78 is 0. The van der Waals surface area contributed by atoms with Crippen LogP contribution in [0, 0.1) is 13.8 Å². The first-order valence-corrected chi connectivity index (χ1v) is 5.94. The highest BCUT2D eigenvalue weighted by atomic mass is 16.3. The van der Waals surface area contributed by atoms with Gasteiger partial charge in [0.1, 0.15) is 5.75 Å². The molecule has 0 heterocycles. The highest BCUT2D eigenvalue weighted by Gasteiger charge is 2.08. The van der Waals surface area contributed by atoms with Crippen molar-refractivity contribution in [3.8, 4) is 5.75 Å². The summed E-state index contributed by atoms with van der Waals surface area (Å²) in [6.45, 7) is 3.63. The van der Waals surface area contributed by atoms with Crippen molar-refractivity contribution in [2.75, 3.05) is 11.1 Å². The molecule has 0 saturated carbocycles. The van der Waals surface area contributed by atoms with Crippen LogP contribution in [0.4, 0.5) is 11.4 Å². The van der Waals surface area contributed by atoms with Gasteiger partial charge in [-0.1, -0.05) is 0 Å². The lowest BCUT2D eigenvalue weighted by Crippen LogP contribution is -2.12. The van der Waals surface area contributed by atoms with Crippen LogP contribution in [0.1, 0.15) is 21.5 Å². The Morgan fingerprint density at radius 3 is 2.47 bits per heavy atom. The van der Waals surface area contributed by atoms with Crippen molar-refractivity contribution in [1.29, 1.82) is 0 Å². The summed E-state index contributed by atoms with van der Waals surface area (Å²) in [7, 11) is 0. The average molecular weight is 256 g/mol. The minimum atomic E-state index is -0.215. The number of amides is 1. The first-order valence-electron chi connectivity index (χ1n) is 5.94. The molecule has 0 spiro atoms. The zero-order valence-corrected chi connectivity index (χ0v) is 10.9. The lowest BCUT2D eigenvalue weighted by Gasteiger charge is -2.08. The molecule has 2 aromatic rings. The number of benzene rings is 2. The van der Waals surface area contributed by atoms with Crippen molar-refractivity contribution in [2.24, 2.45) is 0 Å². The molecular weight excluding hydrogens is 240 g/mol. The van der Waals surface area contributed by atoms with E-state index in [-0.39, 0.29) is 11.7 Å². The van der Waals surface area contributed by atoms with E-state index >= 15 is 0 Å². The third-order valence-corrected chi connectivity index (χ3v) is 2.99. The topological polar surface area (TPSA) is 75.3 Å². The number of nitrogens with one attached hydrogen (secondary N) is 1. The van der Waals surface area contributed by atoms with E-state index in [1.165, 1.54) is 6.07 Å². The van der Waals surface area contributed by atoms with E-state index in [0.29, 0.717) is 22.5 Å². The average Bonchev–Trinajstić information content (AvgIpc) is 2.37. The van der Waals surface area contributed by atoms with Crippen molar-refractivity contribution in [3.05, 3.63) is 53.1 Å². The second-order valence-corrected chi connectivity index (χ2v) is 4.53. The number of hydrogen-bond acceptors (Lipinski definition) is 3.